The third-order valence-corrected chi connectivity index (χ3v) is 3.84. The van der Waals surface area contributed by atoms with Crippen molar-refractivity contribution in [3.63, 3.8) is 0 Å². The Morgan fingerprint density at radius 1 is 1.09 bits per heavy atom. The molecule has 0 bridgehead atoms. The van der Waals surface area contributed by atoms with Gasteiger partial charge in [-0.2, -0.15) is 0 Å². The Morgan fingerprint density at radius 3 is 2.64 bits per heavy atom. The van der Waals surface area contributed by atoms with Crippen LogP contribution in [0.25, 0.3) is 0 Å². The van der Waals surface area contributed by atoms with E-state index in [2.05, 4.69) is 15.3 Å². The second kappa shape index (κ2) is 6.26. The second-order valence-corrected chi connectivity index (χ2v) is 5.92. The summed E-state index contributed by atoms with van der Waals surface area (Å²) < 4.78 is 3.57. The molecule has 0 atom stereocenters. The Morgan fingerprint density at radius 2 is 1.86 bits per heavy atom. The topological polar surface area (TPSA) is 85.6 Å². The van der Waals surface area contributed by atoms with Gasteiger partial charge in [0.1, 0.15) is 5.69 Å². The zero-order chi connectivity index (χ0) is 15.5. The van der Waals surface area contributed by atoms with Crippen molar-refractivity contribution in [1.82, 2.24) is 24.5 Å². The molecule has 2 aromatic heterocycles. The van der Waals surface area contributed by atoms with Crippen LogP contribution in [0, 0.1) is 3.57 Å². The quantitative estimate of drug-likeness (QED) is 0.647. The number of H-pyrrole nitrogens is 1. The Bertz CT molecular complexity index is 897. The Labute approximate surface area is 138 Å². The lowest BCUT2D eigenvalue weighted by atomic mass is 10.2. The lowest BCUT2D eigenvalue weighted by Crippen LogP contribution is -2.31. The van der Waals surface area contributed by atoms with Crippen LogP contribution < -0.4 is 11.2 Å². The lowest BCUT2D eigenvalue weighted by molar-refractivity contribution is 0.647. The molecule has 3 aromatic rings. The van der Waals surface area contributed by atoms with Crippen LogP contribution in [0.5, 0.6) is 0 Å². The van der Waals surface area contributed by atoms with Crippen molar-refractivity contribution in [2.24, 2.45) is 0 Å². The first kappa shape index (κ1) is 14.7. The molecule has 0 fully saturated rings. The fourth-order valence-corrected chi connectivity index (χ4v) is 2.50. The zero-order valence-corrected chi connectivity index (χ0v) is 13.6. The van der Waals surface area contributed by atoms with Crippen molar-refractivity contribution in [3.8, 4) is 0 Å². The molecule has 22 heavy (non-hydrogen) atoms. The van der Waals surface area contributed by atoms with Crippen LogP contribution in [0.15, 0.2) is 52.3 Å². The van der Waals surface area contributed by atoms with Gasteiger partial charge in [0.05, 0.1) is 22.9 Å². The molecule has 8 heteroatoms. The van der Waals surface area contributed by atoms with Gasteiger partial charge >= 0.3 is 5.69 Å². The molecule has 112 valence electrons. The number of nitrogens with one attached hydrogen (secondary N) is 1. The van der Waals surface area contributed by atoms with Crippen molar-refractivity contribution in [2.45, 2.75) is 13.1 Å². The van der Waals surface area contributed by atoms with Crippen LogP contribution in [-0.2, 0) is 13.1 Å². The first-order valence-corrected chi connectivity index (χ1v) is 7.62. The van der Waals surface area contributed by atoms with Crippen molar-refractivity contribution in [1.29, 1.82) is 0 Å². The van der Waals surface area contributed by atoms with Crippen molar-refractivity contribution < 1.29 is 0 Å². The minimum Gasteiger partial charge on any atom is -0.293 e. The van der Waals surface area contributed by atoms with E-state index in [1.54, 1.807) is 10.9 Å². The average molecular weight is 409 g/mol. The predicted molar refractivity (Wildman–Crippen MR) is 88.7 cm³/mol. The number of hydrogen-bond donors (Lipinski definition) is 1. The molecule has 7 nitrogen and oxygen atoms in total. The van der Waals surface area contributed by atoms with Gasteiger partial charge in [0.2, 0.25) is 0 Å². The smallest absolute Gasteiger partial charge is 0.293 e. The zero-order valence-electron chi connectivity index (χ0n) is 11.4. The maximum atomic E-state index is 11.7. The van der Waals surface area contributed by atoms with E-state index >= 15 is 0 Å². The minimum absolute atomic E-state index is 0.264. The number of aromatic amines is 1. The summed E-state index contributed by atoms with van der Waals surface area (Å²) in [4.78, 5) is 25.4. The third kappa shape index (κ3) is 3.32. The molecule has 3 rings (SSSR count). The standard InChI is InChI=1S/C14H12IN5O2/c15-12-9-19(14(22)16-13(12)21)7-11-8-20(18-17-11)6-10-4-2-1-3-5-10/h1-5,8-9H,6-7H2,(H,16,21,22). The Hall–Kier alpha value is -2.23. The highest BCUT2D eigenvalue weighted by molar-refractivity contribution is 14.1. The highest BCUT2D eigenvalue weighted by Crippen LogP contribution is 2.03. The number of halogens is 1. The lowest BCUT2D eigenvalue weighted by Gasteiger charge is -2.02. The van der Waals surface area contributed by atoms with E-state index in [1.165, 1.54) is 10.8 Å². The molecule has 0 unspecified atom stereocenters. The highest BCUT2D eigenvalue weighted by Gasteiger charge is 2.06. The SMILES string of the molecule is O=c1[nH]c(=O)n(Cc2cn(Cc3ccccc3)nn2)cc1I. The van der Waals surface area contributed by atoms with Crippen LogP contribution in [-0.4, -0.2) is 24.5 Å². The van der Waals surface area contributed by atoms with Crippen LogP contribution in [0.3, 0.4) is 0 Å². The summed E-state index contributed by atoms with van der Waals surface area (Å²) in [5.74, 6) is 0. The number of nitrogens with zero attached hydrogens (tertiary/aromatic N) is 4. The summed E-state index contributed by atoms with van der Waals surface area (Å²) in [7, 11) is 0. The van der Waals surface area contributed by atoms with Gasteiger partial charge in [-0.15, -0.1) is 5.10 Å². The van der Waals surface area contributed by atoms with E-state index in [9.17, 15) is 9.59 Å². The summed E-state index contributed by atoms with van der Waals surface area (Å²) >= 11 is 1.88. The molecule has 1 aromatic carbocycles. The predicted octanol–water partition coefficient (Wildman–Crippen LogP) is 0.829. The van der Waals surface area contributed by atoms with Gasteiger partial charge in [-0.1, -0.05) is 35.5 Å². The maximum Gasteiger partial charge on any atom is 0.328 e. The summed E-state index contributed by atoms with van der Waals surface area (Å²) in [6.45, 7) is 0.881. The van der Waals surface area contributed by atoms with Gasteiger partial charge in [0, 0.05) is 6.20 Å². The van der Waals surface area contributed by atoms with E-state index in [1.807, 2.05) is 52.9 Å². The number of aromatic nitrogens is 5. The van der Waals surface area contributed by atoms with Crippen LogP contribution in [0.1, 0.15) is 11.3 Å². The van der Waals surface area contributed by atoms with Gasteiger partial charge in [0.25, 0.3) is 5.56 Å². The largest absolute Gasteiger partial charge is 0.328 e. The fraction of sp³-hybridized carbons (Fsp3) is 0.143. The second-order valence-electron chi connectivity index (χ2n) is 4.76. The van der Waals surface area contributed by atoms with Crippen molar-refractivity contribution in [2.75, 3.05) is 0 Å². The van der Waals surface area contributed by atoms with Gasteiger partial charge in [-0.05, 0) is 28.2 Å². The summed E-state index contributed by atoms with van der Waals surface area (Å²) in [6.07, 6.45) is 3.30. The molecular formula is C14H12IN5O2. The molecule has 0 amide bonds. The van der Waals surface area contributed by atoms with E-state index in [0.717, 1.165) is 5.56 Å². The van der Waals surface area contributed by atoms with Crippen molar-refractivity contribution >= 4 is 22.6 Å². The maximum absolute atomic E-state index is 11.7. The molecule has 0 aliphatic heterocycles. The Balaban J connectivity index is 1.79. The van der Waals surface area contributed by atoms with E-state index in [4.69, 9.17) is 0 Å². The van der Waals surface area contributed by atoms with E-state index in [-0.39, 0.29) is 12.1 Å². The first-order valence-electron chi connectivity index (χ1n) is 6.54. The van der Waals surface area contributed by atoms with E-state index in [0.29, 0.717) is 15.8 Å². The summed E-state index contributed by atoms with van der Waals surface area (Å²) in [6, 6.07) is 9.91. The number of benzene rings is 1. The molecular weight excluding hydrogens is 397 g/mol. The van der Waals surface area contributed by atoms with Gasteiger partial charge in [-0.25, -0.2) is 9.48 Å². The molecule has 0 spiro atoms. The summed E-state index contributed by atoms with van der Waals surface area (Å²) in [5, 5.41) is 8.11. The molecule has 0 radical (unpaired) electrons. The van der Waals surface area contributed by atoms with Crippen LogP contribution in [0.2, 0.25) is 0 Å². The number of hydrogen-bond acceptors (Lipinski definition) is 4. The molecule has 0 saturated heterocycles. The average Bonchev–Trinajstić information content (AvgIpc) is 2.93. The van der Waals surface area contributed by atoms with Crippen molar-refractivity contribution in [3.05, 3.63) is 78.4 Å². The molecule has 1 N–H and O–H groups in total. The van der Waals surface area contributed by atoms with E-state index < -0.39 is 5.69 Å². The monoisotopic (exact) mass is 409 g/mol. The Kier molecular flexibility index (Phi) is 4.18. The van der Waals surface area contributed by atoms with Gasteiger partial charge < -0.3 is 0 Å². The normalized spacial score (nSPS) is 10.8. The summed E-state index contributed by atoms with van der Waals surface area (Å²) in [5.41, 5.74) is 0.938. The van der Waals surface area contributed by atoms with Crippen LogP contribution >= 0.6 is 22.6 Å². The highest BCUT2D eigenvalue weighted by atomic mass is 127. The molecule has 0 aliphatic carbocycles. The molecule has 2 heterocycles. The minimum atomic E-state index is -0.456. The molecule has 0 saturated carbocycles. The molecule has 0 aliphatic rings. The third-order valence-electron chi connectivity index (χ3n) is 3.07. The van der Waals surface area contributed by atoms with Gasteiger partial charge in [0.15, 0.2) is 0 Å². The first-order chi connectivity index (χ1) is 10.6. The number of rotatable bonds is 4. The van der Waals surface area contributed by atoms with Gasteiger partial charge in [-0.3, -0.25) is 14.3 Å². The van der Waals surface area contributed by atoms with Crippen LogP contribution in [0.4, 0.5) is 0 Å². The fourth-order valence-electron chi connectivity index (χ4n) is 2.03.